The van der Waals surface area contributed by atoms with Crippen molar-refractivity contribution in [3.05, 3.63) is 36.0 Å². The summed E-state index contributed by atoms with van der Waals surface area (Å²) >= 11 is 0. The van der Waals surface area contributed by atoms with E-state index in [9.17, 15) is 9.59 Å². The van der Waals surface area contributed by atoms with Gasteiger partial charge in [0.15, 0.2) is 11.8 Å². The first-order chi connectivity index (χ1) is 8.65. The molecule has 1 atom stereocenters. The lowest BCUT2D eigenvalue weighted by atomic mass is 10.0. The fourth-order valence-electron chi connectivity index (χ4n) is 1.78. The number of nitrogens with one attached hydrogen (secondary N) is 1. The van der Waals surface area contributed by atoms with Crippen LogP contribution in [0.15, 0.2) is 30.5 Å². The summed E-state index contributed by atoms with van der Waals surface area (Å²) in [5.41, 5.74) is 6.83. The van der Waals surface area contributed by atoms with E-state index in [1.165, 1.54) is 0 Å². The van der Waals surface area contributed by atoms with Crippen LogP contribution in [0.3, 0.4) is 0 Å². The summed E-state index contributed by atoms with van der Waals surface area (Å²) in [6, 6.07) is 6.06. The fraction of sp³-hybridized carbons (Fsp3) is 0.231. The van der Waals surface area contributed by atoms with Crippen LogP contribution in [0, 0.1) is 0 Å². The number of aromatic nitrogens is 1. The van der Waals surface area contributed by atoms with Gasteiger partial charge in [-0.3, -0.25) is 4.79 Å². The smallest absolute Gasteiger partial charge is 0.331 e. The van der Waals surface area contributed by atoms with Crippen LogP contribution in [0.5, 0.6) is 0 Å². The Morgan fingerprint density at radius 1 is 1.39 bits per heavy atom. The van der Waals surface area contributed by atoms with Crippen molar-refractivity contribution >= 4 is 22.7 Å². The van der Waals surface area contributed by atoms with Crippen LogP contribution < -0.4 is 5.73 Å². The van der Waals surface area contributed by atoms with Gasteiger partial charge in [-0.2, -0.15) is 0 Å². The predicted molar refractivity (Wildman–Crippen MR) is 67.2 cm³/mol. The number of carbonyl (C=O) groups excluding carboxylic acids is 2. The van der Waals surface area contributed by atoms with Gasteiger partial charge in [-0.25, -0.2) is 4.79 Å². The summed E-state index contributed by atoms with van der Waals surface area (Å²) in [6.07, 6.45) is 1.56. The summed E-state index contributed by atoms with van der Waals surface area (Å²) in [5.74, 6) is -1.14. The standard InChI is InChI=1S/C13H14N2O3/c1-2-18-13(17)11(14)12(16)9-7-15-10-6-4-3-5-8(9)10/h3-7,11,15H,2,14H2,1H3. The topological polar surface area (TPSA) is 85.2 Å². The van der Waals surface area contributed by atoms with Crippen LogP contribution in [-0.2, 0) is 9.53 Å². The SMILES string of the molecule is CCOC(=O)C(N)C(=O)c1c[nH]c2ccccc12. The molecule has 0 bridgehead atoms. The Morgan fingerprint density at radius 3 is 2.83 bits per heavy atom. The molecule has 2 aromatic rings. The van der Waals surface area contributed by atoms with E-state index in [1.807, 2.05) is 18.2 Å². The molecule has 0 fully saturated rings. The second kappa shape index (κ2) is 5.01. The van der Waals surface area contributed by atoms with Crippen molar-refractivity contribution < 1.29 is 14.3 Å². The lowest BCUT2D eigenvalue weighted by Gasteiger charge is -2.08. The fourth-order valence-corrected chi connectivity index (χ4v) is 1.78. The van der Waals surface area contributed by atoms with E-state index in [1.54, 1.807) is 19.2 Å². The van der Waals surface area contributed by atoms with Gasteiger partial charge >= 0.3 is 5.97 Å². The third kappa shape index (κ3) is 2.12. The van der Waals surface area contributed by atoms with E-state index in [2.05, 4.69) is 4.98 Å². The van der Waals surface area contributed by atoms with Crippen molar-refractivity contribution in [1.82, 2.24) is 4.98 Å². The highest BCUT2D eigenvalue weighted by atomic mass is 16.5. The van der Waals surface area contributed by atoms with Crippen LogP contribution in [0.4, 0.5) is 0 Å². The molecule has 18 heavy (non-hydrogen) atoms. The zero-order chi connectivity index (χ0) is 13.1. The van der Waals surface area contributed by atoms with Gasteiger partial charge in [0.1, 0.15) is 0 Å². The molecule has 0 saturated heterocycles. The highest BCUT2D eigenvalue weighted by Gasteiger charge is 2.26. The maximum atomic E-state index is 12.1. The molecule has 0 radical (unpaired) electrons. The molecule has 1 heterocycles. The summed E-state index contributed by atoms with van der Waals surface area (Å²) in [7, 11) is 0. The number of fused-ring (bicyclic) bond motifs is 1. The monoisotopic (exact) mass is 246 g/mol. The Morgan fingerprint density at radius 2 is 2.11 bits per heavy atom. The molecule has 1 aromatic heterocycles. The molecule has 0 amide bonds. The molecule has 0 spiro atoms. The van der Waals surface area contributed by atoms with Crippen molar-refractivity contribution in [2.75, 3.05) is 6.61 Å². The molecule has 1 aromatic carbocycles. The first kappa shape index (κ1) is 12.3. The van der Waals surface area contributed by atoms with Gasteiger partial charge in [0.2, 0.25) is 0 Å². The number of ketones is 1. The number of nitrogens with two attached hydrogens (primary N) is 1. The van der Waals surface area contributed by atoms with Crippen LogP contribution >= 0.6 is 0 Å². The van der Waals surface area contributed by atoms with Crippen molar-refractivity contribution in [2.24, 2.45) is 5.73 Å². The van der Waals surface area contributed by atoms with Crippen LogP contribution in [0.2, 0.25) is 0 Å². The predicted octanol–water partition coefficient (Wildman–Crippen LogP) is 1.24. The molecule has 5 nitrogen and oxygen atoms in total. The molecule has 94 valence electrons. The number of para-hydroxylation sites is 1. The molecule has 2 rings (SSSR count). The Kier molecular flexibility index (Phi) is 3.43. The van der Waals surface area contributed by atoms with Crippen molar-refractivity contribution in [2.45, 2.75) is 13.0 Å². The van der Waals surface area contributed by atoms with Gasteiger partial charge in [0, 0.05) is 22.7 Å². The Labute approximate surface area is 104 Å². The molecule has 0 aliphatic rings. The minimum atomic E-state index is -1.27. The molecule has 0 aliphatic carbocycles. The molecule has 1 unspecified atom stereocenters. The average molecular weight is 246 g/mol. The molecule has 5 heteroatoms. The quantitative estimate of drug-likeness (QED) is 0.483. The summed E-state index contributed by atoms with van der Waals surface area (Å²) < 4.78 is 4.74. The van der Waals surface area contributed by atoms with E-state index < -0.39 is 17.8 Å². The number of H-pyrrole nitrogens is 1. The minimum absolute atomic E-state index is 0.202. The van der Waals surface area contributed by atoms with Gasteiger partial charge in [-0.15, -0.1) is 0 Å². The normalized spacial score (nSPS) is 12.3. The number of hydrogen-bond acceptors (Lipinski definition) is 4. The molecule has 0 saturated carbocycles. The van der Waals surface area contributed by atoms with Gasteiger partial charge in [0.05, 0.1) is 6.61 Å². The van der Waals surface area contributed by atoms with E-state index in [0.717, 1.165) is 10.9 Å². The zero-order valence-corrected chi connectivity index (χ0v) is 9.97. The number of aromatic amines is 1. The number of esters is 1. The second-order valence-corrected chi connectivity index (χ2v) is 3.84. The van der Waals surface area contributed by atoms with Crippen LogP contribution in [0.25, 0.3) is 10.9 Å². The Hall–Kier alpha value is -2.14. The highest BCUT2D eigenvalue weighted by molar-refractivity contribution is 6.17. The first-order valence-corrected chi connectivity index (χ1v) is 5.67. The Bertz CT molecular complexity index is 589. The minimum Gasteiger partial charge on any atom is -0.464 e. The third-order valence-corrected chi connectivity index (χ3v) is 2.68. The van der Waals surface area contributed by atoms with E-state index in [4.69, 9.17) is 10.5 Å². The number of Topliss-reactive ketones (excluding diaryl/α,β-unsaturated/α-hetero) is 1. The zero-order valence-electron chi connectivity index (χ0n) is 9.97. The van der Waals surface area contributed by atoms with Gasteiger partial charge in [-0.1, -0.05) is 18.2 Å². The van der Waals surface area contributed by atoms with Crippen molar-refractivity contribution in [3.8, 4) is 0 Å². The molecule has 0 aliphatic heterocycles. The lowest BCUT2D eigenvalue weighted by molar-refractivity contribution is -0.143. The van der Waals surface area contributed by atoms with E-state index in [-0.39, 0.29) is 6.61 Å². The summed E-state index contributed by atoms with van der Waals surface area (Å²) in [6.45, 7) is 1.87. The van der Waals surface area contributed by atoms with Crippen LogP contribution in [0.1, 0.15) is 17.3 Å². The summed E-state index contributed by atoms with van der Waals surface area (Å²) in [4.78, 5) is 26.5. The summed E-state index contributed by atoms with van der Waals surface area (Å²) in [5, 5.41) is 0.752. The third-order valence-electron chi connectivity index (χ3n) is 2.68. The Balaban J connectivity index is 2.31. The number of rotatable bonds is 4. The number of ether oxygens (including phenoxy) is 1. The van der Waals surface area contributed by atoms with Crippen LogP contribution in [-0.4, -0.2) is 29.4 Å². The molecular formula is C13H14N2O3. The number of carbonyl (C=O) groups is 2. The molecule has 3 N–H and O–H groups in total. The molecular weight excluding hydrogens is 232 g/mol. The lowest BCUT2D eigenvalue weighted by Crippen LogP contribution is -2.39. The number of hydrogen-bond donors (Lipinski definition) is 2. The first-order valence-electron chi connectivity index (χ1n) is 5.67. The van der Waals surface area contributed by atoms with Gasteiger partial charge in [0.25, 0.3) is 0 Å². The second-order valence-electron chi connectivity index (χ2n) is 3.84. The van der Waals surface area contributed by atoms with Gasteiger partial charge in [-0.05, 0) is 13.0 Å². The van der Waals surface area contributed by atoms with E-state index in [0.29, 0.717) is 5.56 Å². The number of benzene rings is 1. The largest absolute Gasteiger partial charge is 0.464 e. The van der Waals surface area contributed by atoms with Crippen molar-refractivity contribution in [3.63, 3.8) is 0 Å². The maximum Gasteiger partial charge on any atom is 0.331 e. The van der Waals surface area contributed by atoms with E-state index >= 15 is 0 Å². The average Bonchev–Trinajstić information content (AvgIpc) is 2.81. The maximum absolute atomic E-state index is 12.1. The highest BCUT2D eigenvalue weighted by Crippen LogP contribution is 2.19. The van der Waals surface area contributed by atoms with Gasteiger partial charge < -0.3 is 15.5 Å². The van der Waals surface area contributed by atoms with Crippen molar-refractivity contribution in [1.29, 1.82) is 0 Å².